The van der Waals surface area contributed by atoms with Crippen LogP contribution in [0.25, 0.3) is 0 Å². The van der Waals surface area contributed by atoms with E-state index in [1.165, 1.54) is 13.1 Å². The fraction of sp³-hybridized carbons (Fsp3) is 0.154. The number of nitrogens with zero attached hydrogens (tertiary/aromatic N) is 1. The van der Waals surface area contributed by atoms with Crippen LogP contribution in [0.5, 0.6) is 0 Å². The molecule has 0 fully saturated rings. The van der Waals surface area contributed by atoms with Gasteiger partial charge in [-0.2, -0.15) is 5.26 Å². The Hall–Kier alpha value is -2.61. The number of benzene rings is 1. The summed E-state index contributed by atoms with van der Waals surface area (Å²) < 4.78 is 0. The smallest absolute Gasteiger partial charge is 0.269 e. The predicted molar refractivity (Wildman–Crippen MR) is 67.3 cm³/mol. The van der Waals surface area contributed by atoms with Crippen LogP contribution >= 0.6 is 0 Å². The molecular weight excluding hydrogens is 230 g/mol. The lowest BCUT2D eigenvalue weighted by Gasteiger charge is -2.05. The molecule has 0 bridgehead atoms. The largest absolute Gasteiger partial charge is 0.360 e. The molecule has 1 aromatic rings. The first-order valence-electron chi connectivity index (χ1n) is 5.29. The van der Waals surface area contributed by atoms with E-state index in [1.807, 2.05) is 36.5 Å². The molecule has 0 saturated heterocycles. The van der Waals surface area contributed by atoms with Gasteiger partial charge in [0.1, 0.15) is 11.6 Å². The second-order valence-corrected chi connectivity index (χ2v) is 3.64. The average Bonchev–Trinajstić information content (AvgIpc) is 2.31. The summed E-state index contributed by atoms with van der Waals surface area (Å²) in [5.74, 6) is -1.22. The molecule has 0 aliphatic carbocycles. The van der Waals surface area contributed by atoms with Crippen molar-refractivity contribution >= 4 is 17.5 Å². The molecule has 0 atom stereocenters. The second-order valence-electron chi connectivity index (χ2n) is 3.64. The van der Waals surface area contributed by atoms with Crippen LogP contribution in [0.4, 0.5) is 5.69 Å². The van der Waals surface area contributed by atoms with Crippen molar-refractivity contribution in [3.05, 3.63) is 41.6 Å². The van der Waals surface area contributed by atoms with E-state index in [4.69, 9.17) is 5.26 Å². The van der Waals surface area contributed by atoms with Crippen molar-refractivity contribution < 1.29 is 9.59 Å². The van der Waals surface area contributed by atoms with Crippen LogP contribution in [0.3, 0.4) is 0 Å². The maximum atomic E-state index is 11.4. The minimum atomic E-state index is -0.717. The number of hydrogen-bond donors (Lipinski definition) is 2. The molecular formula is C13H13N3O2. The first-order chi connectivity index (χ1) is 8.54. The van der Waals surface area contributed by atoms with Crippen molar-refractivity contribution in [1.82, 2.24) is 5.32 Å². The van der Waals surface area contributed by atoms with E-state index >= 15 is 0 Å². The number of rotatable bonds is 3. The Morgan fingerprint density at radius 2 is 2.00 bits per heavy atom. The summed E-state index contributed by atoms with van der Waals surface area (Å²) in [6, 6.07) is 9.18. The van der Waals surface area contributed by atoms with Crippen molar-refractivity contribution in [2.45, 2.75) is 13.8 Å². The molecule has 5 heteroatoms. The molecule has 0 spiro atoms. The Morgan fingerprint density at radius 1 is 1.33 bits per heavy atom. The molecule has 18 heavy (non-hydrogen) atoms. The summed E-state index contributed by atoms with van der Waals surface area (Å²) in [5, 5.41) is 13.7. The molecule has 0 unspecified atom stereocenters. The summed E-state index contributed by atoms with van der Waals surface area (Å²) in [6.07, 6.45) is 1.28. The van der Waals surface area contributed by atoms with Gasteiger partial charge >= 0.3 is 0 Å². The van der Waals surface area contributed by atoms with Gasteiger partial charge in [0, 0.05) is 18.8 Å². The highest BCUT2D eigenvalue weighted by Gasteiger charge is 2.09. The molecule has 0 aromatic heterocycles. The first kappa shape index (κ1) is 13.5. The Kier molecular flexibility index (Phi) is 4.64. The molecule has 0 heterocycles. The third-order valence-corrected chi connectivity index (χ3v) is 2.17. The monoisotopic (exact) mass is 243 g/mol. The van der Waals surface area contributed by atoms with E-state index in [0.717, 1.165) is 11.3 Å². The SMILES string of the molecule is CC(=O)NC(=O)/C(C#N)=C/Nc1ccccc1C. The van der Waals surface area contributed by atoms with E-state index in [9.17, 15) is 9.59 Å². The topological polar surface area (TPSA) is 82.0 Å². The number of nitriles is 1. The van der Waals surface area contributed by atoms with Gasteiger partial charge < -0.3 is 5.32 Å². The fourth-order valence-corrected chi connectivity index (χ4v) is 1.26. The third-order valence-electron chi connectivity index (χ3n) is 2.17. The van der Waals surface area contributed by atoms with E-state index in [2.05, 4.69) is 5.32 Å². The van der Waals surface area contributed by atoms with E-state index in [1.54, 1.807) is 6.07 Å². The summed E-state index contributed by atoms with van der Waals surface area (Å²) in [4.78, 5) is 22.1. The molecule has 92 valence electrons. The van der Waals surface area contributed by atoms with Crippen LogP contribution < -0.4 is 10.6 Å². The minimum absolute atomic E-state index is 0.159. The molecule has 1 rings (SSSR count). The van der Waals surface area contributed by atoms with Crippen molar-refractivity contribution in [2.24, 2.45) is 0 Å². The number of para-hydroxylation sites is 1. The number of carbonyl (C=O) groups excluding carboxylic acids is 2. The van der Waals surface area contributed by atoms with Gasteiger partial charge in [-0.1, -0.05) is 18.2 Å². The van der Waals surface area contributed by atoms with E-state index < -0.39 is 11.8 Å². The zero-order chi connectivity index (χ0) is 13.5. The Bertz CT molecular complexity index is 541. The van der Waals surface area contributed by atoms with Crippen LogP contribution in [-0.4, -0.2) is 11.8 Å². The lowest BCUT2D eigenvalue weighted by molar-refractivity contribution is -0.126. The molecule has 0 aliphatic rings. The Labute approximate surface area is 105 Å². The van der Waals surface area contributed by atoms with Gasteiger partial charge in [-0.15, -0.1) is 0 Å². The van der Waals surface area contributed by atoms with Gasteiger partial charge in [-0.25, -0.2) is 0 Å². The van der Waals surface area contributed by atoms with Gasteiger partial charge in [0.15, 0.2) is 0 Å². The third kappa shape index (κ3) is 3.76. The Morgan fingerprint density at radius 3 is 2.56 bits per heavy atom. The number of carbonyl (C=O) groups is 2. The maximum absolute atomic E-state index is 11.4. The summed E-state index contributed by atoms with van der Waals surface area (Å²) in [5.41, 5.74) is 1.62. The minimum Gasteiger partial charge on any atom is -0.360 e. The molecule has 0 aliphatic heterocycles. The van der Waals surface area contributed by atoms with Gasteiger partial charge in [-0.05, 0) is 18.6 Å². The zero-order valence-electron chi connectivity index (χ0n) is 10.2. The van der Waals surface area contributed by atoms with Crippen molar-refractivity contribution in [3.63, 3.8) is 0 Å². The molecule has 0 saturated carbocycles. The zero-order valence-corrected chi connectivity index (χ0v) is 10.2. The lowest BCUT2D eigenvalue weighted by atomic mass is 10.2. The summed E-state index contributed by atoms with van der Waals surface area (Å²) >= 11 is 0. The van der Waals surface area contributed by atoms with Crippen molar-refractivity contribution in [1.29, 1.82) is 5.26 Å². The van der Waals surface area contributed by atoms with Gasteiger partial charge in [0.2, 0.25) is 5.91 Å². The standard InChI is InChI=1S/C13H13N3O2/c1-9-5-3-4-6-12(9)15-8-11(7-14)13(18)16-10(2)17/h3-6,8,15H,1-2H3,(H,16,17,18)/b11-8+. The first-order valence-corrected chi connectivity index (χ1v) is 5.29. The number of anilines is 1. The number of nitrogens with one attached hydrogen (secondary N) is 2. The highest BCUT2D eigenvalue weighted by atomic mass is 16.2. The summed E-state index contributed by atoms with van der Waals surface area (Å²) in [6.45, 7) is 3.11. The Balaban J connectivity index is 2.82. The maximum Gasteiger partial charge on any atom is 0.269 e. The number of aryl methyl sites for hydroxylation is 1. The van der Waals surface area contributed by atoms with Crippen LogP contribution in [0.1, 0.15) is 12.5 Å². The van der Waals surface area contributed by atoms with Crippen LogP contribution in [0.15, 0.2) is 36.0 Å². The number of hydrogen-bond acceptors (Lipinski definition) is 4. The van der Waals surface area contributed by atoms with Crippen LogP contribution in [0, 0.1) is 18.3 Å². The highest BCUT2D eigenvalue weighted by Crippen LogP contribution is 2.13. The van der Waals surface area contributed by atoms with Crippen molar-refractivity contribution in [3.8, 4) is 6.07 Å². The molecule has 2 N–H and O–H groups in total. The van der Waals surface area contributed by atoms with Gasteiger partial charge in [0.25, 0.3) is 5.91 Å². The number of amides is 2. The van der Waals surface area contributed by atoms with E-state index in [0.29, 0.717) is 0 Å². The van der Waals surface area contributed by atoms with E-state index in [-0.39, 0.29) is 5.57 Å². The molecule has 1 aromatic carbocycles. The normalized spacial score (nSPS) is 10.4. The average molecular weight is 243 g/mol. The number of imide groups is 1. The van der Waals surface area contributed by atoms with Crippen LogP contribution in [0.2, 0.25) is 0 Å². The van der Waals surface area contributed by atoms with Crippen LogP contribution in [-0.2, 0) is 9.59 Å². The second kappa shape index (κ2) is 6.21. The molecule has 0 radical (unpaired) electrons. The summed E-state index contributed by atoms with van der Waals surface area (Å²) in [7, 11) is 0. The molecule has 2 amide bonds. The molecule has 5 nitrogen and oxygen atoms in total. The lowest BCUT2D eigenvalue weighted by Crippen LogP contribution is -2.29. The van der Waals surface area contributed by atoms with Crippen molar-refractivity contribution in [2.75, 3.05) is 5.32 Å². The van der Waals surface area contributed by atoms with Gasteiger partial charge in [-0.3, -0.25) is 14.9 Å². The fourth-order valence-electron chi connectivity index (χ4n) is 1.26. The predicted octanol–water partition coefficient (Wildman–Crippen LogP) is 1.48. The van der Waals surface area contributed by atoms with Gasteiger partial charge in [0.05, 0.1) is 0 Å². The highest BCUT2D eigenvalue weighted by molar-refractivity contribution is 6.06. The quantitative estimate of drug-likeness (QED) is 0.622.